The number of hydrogen-bond acceptors (Lipinski definition) is 3. The zero-order valence-electron chi connectivity index (χ0n) is 12.2. The first-order valence-electron chi connectivity index (χ1n) is 7.40. The molecule has 4 nitrogen and oxygen atoms in total. The smallest absolute Gasteiger partial charge is 0.257 e. The van der Waals surface area contributed by atoms with E-state index in [2.05, 4.69) is 16.9 Å². The highest BCUT2D eigenvalue weighted by Gasteiger charge is 2.24. The van der Waals surface area contributed by atoms with Gasteiger partial charge in [0.15, 0.2) is 0 Å². The average molecular weight is 281 g/mol. The van der Waals surface area contributed by atoms with Crippen LogP contribution < -0.4 is 0 Å². The lowest BCUT2D eigenvalue weighted by Crippen LogP contribution is -2.39. The number of benzene rings is 1. The molecule has 108 valence electrons. The molecule has 1 unspecified atom stereocenters. The SMILES string of the molecule is CC1CCCN(C(=O)c2cncnc2-c2ccccc2)C1. The van der Waals surface area contributed by atoms with Crippen LogP contribution in [0.3, 0.4) is 0 Å². The third-order valence-corrected chi connectivity index (χ3v) is 3.93. The molecule has 4 heteroatoms. The first-order chi connectivity index (χ1) is 10.3. The van der Waals surface area contributed by atoms with Crippen molar-refractivity contribution in [2.75, 3.05) is 13.1 Å². The maximum absolute atomic E-state index is 12.8. The number of carbonyl (C=O) groups is 1. The molecule has 1 aliphatic rings. The summed E-state index contributed by atoms with van der Waals surface area (Å²) in [5, 5.41) is 0. The van der Waals surface area contributed by atoms with Crippen molar-refractivity contribution in [2.24, 2.45) is 5.92 Å². The highest BCUT2D eigenvalue weighted by molar-refractivity contribution is 5.99. The van der Waals surface area contributed by atoms with Gasteiger partial charge in [0.2, 0.25) is 0 Å². The molecular formula is C17H19N3O. The Hall–Kier alpha value is -2.23. The zero-order valence-corrected chi connectivity index (χ0v) is 12.2. The molecule has 0 N–H and O–H groups in total. The number of hydrogen-bond donors (Lipinski definition) is 0. The summed E-state index contributed by atoms with van der Waals surface area (Å²) in [6, 6.07) is 9.80. The molecule has 1 atom stereocenters. The lowest BCUT2D eigenvalue weighted by atomic mass is 9.99. The monoisotopic (exact) mass is 281 g/mol. The van der Waals surface area contributed by atoms with Crippen LogP contribution in [0.15, 0.2) is 42.9 Å². The summed E-state index contributed by atoms with van der Waals surface area (Å²) in [5.74, 6) is 0.605. The maximum Gasteiger partial charge on any atom is 0.257 e. The summed E-state index contributed by atoms with van der Waals surface area (Å²) in [6.45, 7) is 3.84. The first-order valence-corrected chi connectivity index (χ1v) is 7.40. The van der Waals surface area contributed by atoms with Gasteiger partial charge in [-0.05, 0) is 18.8 Å². The maximum atomic E-state index is 12.8. The molecule has 1 aliphatic heterocycles. The Morgan fingerprint density at radius 1 is 1.29 bits per heavy atom. The predicted octanol–water partition coefficient (Wildman–Crippen LogP) is 3.02. The number of amides is 1. The van der Waals surface area contributed by atoms with Crippen molar-refractivity contribution in [1.29, 1.82) is 0 Å². The van der Waals surface area contributed by atoms with Crippen molar-refractivity contribution in [3.63, 3.8) is 0 Å². The summed E-state index contributed by atoms with van der Waals surface area (Å²) in [7, 11) is 0. The lowest BCUT2D eigenvalue weighted by Gasteiger charge is -2.31. The quantitative estimate of drug-likeness (QED) is 0.850. The Balaban J connectivity index is 1.94. The fraction of sp³-hybridized carbons (Fsp3) is 0.353. The number of likely N-dealkylation sites (tertiary alicyclic amines) is 1. The summed E-state index contributed by atoms with van der Waals surface area (Å²) >= 11 is 0. The van der Waals surface area contributed by atoms with Gasteiger partial charge in [-0.15, -0.1) is 0 Å². The van der Waals surface area contributed by atoms with Crippen molar-refractivity contribution >= 4 is 5.91 Å². The molecule has 1 aromatic carbocycles. The van der Waals surface area contributed by atoms with Crippen LogP contribution in [0.2, 0.25) is 0 Å². The van der Waals surface area contributed by atoms with E-state index in [9.17, 15) is 4.79 Å². The first kappa shape index (κ1) is 13.7. The Labute approximate surface area is 124 Å². The van der Waals surface area contributed by atoms with Crippen molar-refractivity contribution in [2.45, 2.75) is 19.8 Å². The Kier molecular flexibility index (Phi) is 3.95. The molecule has 1 aromatic heterocycles. The molecule has 0 aliphatic carbocycles. The third kappa shape index (κ3) is 2.94. The second-order valence-corrected chi connectivity index (χ2v) is 5.65. The van der Waals surface area contributed by atoms with E-state index in [0.29, 0.717) is 17.2 Å². The summed E-state index contributed by atoms with van der Waals surface area (Å²) in [4.78, 5) is 23.1. The Morgan fingerprint density at radius 3 is 2.86 bits per heavy atom. The number of aromatic nitrogens is 2. The molecular weight excluding hydrogens is 262 g/mol. The standard InChI is InChI=1S/C17H19N3O/c1-13-6-5-9-20(11-13)17(21)15-10-18-12-19-16(15)14-7-3-2-4-8-14/h2-4,7-8,10,12-13H,5-6,9,11H2,1H3. The molecule has 0 saturated carbocycles. The number of carbonyl (C=O) groups excluding carboxylic acids is 1. The van der Waals surface area contributed by atoms with E-state index in [0.717, 1.165) is 25.1 Å². The third-order valence-electron chi connectivity index (χ3n) is 3.93. The highest BCUT2D eigenvalue weighted by Crippen LogP contribution is 2.23. The molecule has 0 bridgehead atoms. The normalized spacial score (nSPS) is 18.5. The van der Waals surface area contributed by atoms with Gasteiger partial charge in [0.1, 0.15) is 6.33 Å². The average Bonchev–Trinajstić information content (AvgIpc) is 2.55. The largest absolute Gasteiger partial charge is 0.338 e. The van der Waals surface area contributed by atoms with E-state index in [1.807, 2.05) is 35.2 Å². The van der Waals surface area contributed by atoms with Crippen LogP contribution in [-0.2, 0) is 0 Å². The van der Waals surface area contributed by atoms with Gasteiger partial charge in [-0.1, -0.05) is 37.3 Å². The molecule has 2 aromatic rings. The molecule has 2 heterocycles. The van der Waals surface area contributed by atoms with Gasteiger partial charge in [-0.25, -0.2) is 9.97 Å². The van der Waals surface area contributed by atoms with Crippen molar-refractivity contribution < 1.29 is 4.79 Å². The number of nitrogens with zero attached hydrogens (tertiary/aromatic N) is 3. The minimum Gasteiger partial charge on any atom is -0.338 e. The molecule has 1 saturated heterocycles. The molecule has 1 amide bonds. The van der Waals surface area contributed by atoms with Gasteiger partial charge in [-0.2, -0.15) is 0 Å². The van der Waals surface area contributed by atoms with Crippen molar-refractivity contribution in [1.82, 2.24) is 14.9 Å². The zero-order chi connectivity index (χ0) is 14.7. The fourth-order valence-corrected chi connectivity index (χ4v) is 2.86. The molecule has 0 spiro atoms. The van der Waals surface area contributed by atoms with E-state index < -0.39 is 0 Å². The Morgan fingerprint density at radius 2 is 2.10 bits per heavy atom. The van der Waals surface area contributed by atoms with Crippen LogP contribution in [-0.4, -0.2) is 33.9 Å². The van der Waals surface area contributed by atoms with Gasteiger partial charge in [-0.3, -0.25) is 4.79 Å². The van der Waals surface area contributed by atoms with Crippen LogP contribution in [0.5, 0.6) is 0 Å². The van der Waals surface area contributed by atoms with Gasteiger partial charge in [0, 0.05) is 24.8 Å². The summed E-state index contributed by atoms with van der Waals surface area (Å²) in [5.41, 5.74) is 2.26. The lowest BCUT2D eigenvalue weighted by molar-refractivity contribution is 0.0683. The summed E-state index contributed by atoms with van der Waals surface area (Å²) in [6.07, 6.45) is 5.40. The van der Waals surface area contributed by atoms with Gasteiger partial charge in [0.25, 0.3) is 5.91 Å². The van der Waals surface area contributed by atoms with Crippen LogP contribution in [0, 0.1) is 5.92 Å². The van der Waals surface area contributed by atoms with E-state index in [1.165, 1.54) is 12.7 Å². The number of rotatable bonds is 2. The second-order valence-electron chi connectivity index (χ2n) is 5.65. The highest BCUT2D eigenvalue weighted by atomic mass is 16.2. The van der Waals surface area contributed by atoms with Crippen LogP contribution in [0.4, 0.5) is 0 Å². The van der Waals surface area contributed by atoms with Gasteiger partial charge >= 0.3 is 0 Å². The van der Waals surface area contributed by atoms with Crippen LogP contribution in [0.25, 0.3) is 11.3 Å². The van der Waals surface area contributed by atoms with Gasteiger partial charge in [0.05, 0.1) is 11.3 Å². The van der Waals surface area contributed by atoms with E-state index in [-0.39, 0.29) is 5.91 Å². The van der Waals surface area contributed by atoms with Gasteiger partial charge < -0.3 is 4.90 Å². The van der Waals surface area contributed by atoms with E-state index in [4.69, 9.17) is 0 Å². The van der Waals surface area contributed by atoms with E-state index in [1.54, 1.807) is 6.20 Å². The number of piperidine rings is 1. The minimum absolute atomic E-state index is 0.0426. The fourth-order valence-electron chi connectivity index (χ4n) is 2.86. The van der Waals surface area contributed by atoms with Crippen LogP contribution in [0.1, 0.15) is 30.1 Å². The topological polar surface area (TPSA) is 46.1 Å². The molecule has 3 rings (SSSR count). The minimum atomic E-state index is 0.0426. The molecule has 1 fully saturated rings. The van der Waals surface area contributed by atoms with Crippen LogP contribution >= 0.6 is 0 Å². The second kappa shape index (κ2) is 6.04. The molecule has 21 heavy (non-hydrogen) atoms. The van der Waals surface area contributed by atoms with Crippen molar-refractivity contribution in [3.8, 4) is 11.3 Å². The van der Waals surface area contributed by atoms with E-state index >= 15 is 0 Å². The predicted molar refractivity (Wildman–Crippen MR) is 81.8 cm³/mol. The Bertz CT molecular complexity index is 627. The molecule has 0 radical (unpaired) electrons. The van der Waals surface area contributed by atoms with Crippen molar-refractivity contribution in [3.05, 3.63) is 48.4 Å². The summed E-state index contributed by atoms with van der Waals surface area (Å²) < 4.78 is 0.